The average Bonchev–Trinajstić information content (AvgIpc) is 2.34. The Morgan fingerprint density at radius 2 is 1.94 bits per heavy atom. The van der Waals surface area contributed by atoms with E-state index in [1.54, 1.807) is 0 Å². The van der Waals surface area contributed by atoms with Gasteiger partial charge >= 0.3 is 5.97 Å². The van der Waals surface area contributed by atoms with Gasteiger partial charge in [0.05, 0.1) is 0 Å². The first-order valence-corrected chi connectivity index (χ1v) is 6.95. The topological polar surface area (TPSA) is 94.8 Å². The van der Waals surface area contributed by atoms with Crippen LogP contribution in [0.4, 0.5) is 0 Å². The van der Waals surface area contributed by atoms with Gasteiger partial charge in [0, 0.05) is 5.75 Å². The minimum atomic E-state index is -0.901. The summed E-state index contributed by atoms with van der Waals surface area (Å²) < 4.78 is 0. The van der Waals surface area contributed by atoms with Crippen molar-refractivity contribution in [2.75, 3.05) is 5.75 Å². The molecule has 0 saturated carbocycles. The van der Waals surface area contributed by atoms with Crippen LogP contribution < -0.4 is 5.73 Å². The second-order valence-corrected chi connectivity index (χ2v) is 5.08. The van der Waals surface area contributed by atoms with E-state index in [9.17, 15) is 4.79 Å². The molecule has 0 saturated heterocycles. The van der Waals surface area contributed by atoms with E-state index in [-0.39, 0.29) is 5.48 Å². The predicted molar refractivity (Wildman–Crippen MR) is 75.7 cm³/mol. The molecule has 18 heavy (non-hydrogen) atoms. The smallest absolute Gasteiger partial charge is 0.320 e. The molecule has 1 aromatic carbocycles. The lowest BCUT2D eigenvalue weighted by molar-refractivity contribution is -0.138. The van der Waals surface area contributed by atoms with Crippen molar-refractivity contribution in [1.29, 1.82) is 0 Å². The molecule has 1 atom stereocenters. The second kappa shape index (κ2) is 9.94. The first-order valence-electron chi connectivity index (χ1n) is 5.80. The number of hydrogen-bond acceptors (Lipinski definition) is 3. The lowest BCUT2D eigenvalue weighted by Gasteiger charge is -2.05. The van der Waals surface area contributed by atoms with Crippen molar-refractivity contribution in [1.82, 2.24) is 0 Å². The summed E-state index contributed by atoms with van der Waals surface area (Å²) in [6.07, 6.45) is 2.48. The third-order valence-electron chi connectivity index (χ3n) is 2.48. The quantitative estimate of drug-likeness (QED) is 0.703. The molecule has 0 bridgehead atoms. The van der Waals surface area contributed by atoms with E-state index >= 15 is 0 Å². The predicted octanol–water partition coefficient (Wildman–Crippen LogP) is 1.68. The molecule has 1 rings (SSSR count). The lowest BCUT2D eigenvalue weighted by Crippen LogP contribution is -2.29. The number of aliphatic carboxylic acids is 1. The molecule has 1 aromatic rings. The SMILES string of the molecule is NC(CCCCSCc1ccccc1)C(=O)O.O. The number of benzene rings is 1. The van der Waals surface area contributed by atoms with Gasteiger partial charge in [0.2, 0.25) is 0 Å². The van der Waals surface area contributed by atoms with Crippen molar-refractivity contribution >= 4 is 17.7 Å². The molecular weight excluding hydrogens is 250 g/mol. The number of hydrogen-bond donors (Lipinski definition) is 2. The van der Waals surface area contributed by atoms with Crippen molar-refractivity contribution < 1.29 is 15.4 Å². The lowest BCUT2D eigenvalue weighted by atomic mass is 10.1. The van der Waals surface area contributed by atoms with Crippen LogP contribution in [-0.2, 0) is 10.5 Å². The number of carboxylic acid groups (broad SMARTS) is 1. The fourth-order valence-electron chi connectivity index (χ4n) is 1.46. The van der Waals surface area contributed by atoms with Gasteiger partial charge in [-0.1, -0.05) is 36.8 Å². The van der Waals surface area contributed by atoms with Crippen LogP contribution in [0.2, 0.25) is 0 Å². The number of nitrogens with two attached hydrogens (primary N) is 1. The molecule has 0 amide bonds. The third kappa shape index (κ3) is 7.32. The van der Waals surface area contributed by atoms with Gasteiger partial charge in [-0.05, 0) is 24.2 Å². The van der Waals surface area contributed by atoms with Crippen molar-refractivity contribution in [2.45, 2.75) is 31.1 Å². The average molecular weight is 271 g/mol. The normalized spacial score (nSPS) is 11.6. The highest BCUT2D eigenvalue weighted by atomic mass is 32.2. The maximum atomic E-state index is 10.5. The van der Waals surface area contributed by atoms with Crippen molar-refractivity contribution in [3.05, 3.63) is 35.9 Å². The van der Waals surface area contributed by atoms with Gasteiger partial charge < -0.3 is 16.3 Å². The number of unbranched alkanes of at least 4 members (excludes halogenated alkanes) is 1. The van der Waals surface area contributed by atoms with Crippen molar-refractivity contribution in [2.24, 2.45) is 5.73 Å². The van der Waals surface area contributed by atoms with Crippen LogP contribution in [0.1, 0.15) is 24.8 Å². The minimum Gasteiger partial charge on any atom is -0.480 e. The van der Waals surface area contributed by atoms with Crippen LogP contribution >= 0.6 is 11.8 Å². The van der Waals surface area contributed by atoms with E-state index in [0.717, 1.165) is 24.3 Å². The summed E-state index contributed by atoms with van der Waals surface area (Å²) in [5, 5.41) is 8.60. The first kappa shape index (κ1) is 17.0. The van der Waals surface area contributed by atoms with E-state index in [4.69, 9.17) is 10.8 Å². The Kier molecular flexibility index (Phi) is 9.36. The van der Waals surface area contributed by atoms with Crippen LogP contribution in [-0.4, -0.2) is 28.3 Å². The molecule has 0 aliphatic heterocycles. The Morgan fingerprint density at radius 1 is 1.28 bits per heavy atom. The molecule has 0 spiro atoms. The maximum absolute atomic E-state index is 10.5. The van der Waals surface area contributed by atoms with Crippen LogP contribution in [0.25, 0.3) is 0 Å². The van der Waals surface area contributed by atoms with Gasteiger partial charge in [0.1, 0.15) is 6.04 Å². The van der Waals surface area contributed by atoms with Gasteiger partial charge in [-0.3, -0.25) is 4.79 Å². The summed E-state index contributed by atoms with van der Waals surface area (Å²) in [7, 11) is 0. The Hall–Kier alpha value is -1.04. The van der Waals surface area contributed by atoms with Crippen LogP contribution in [0.15, 0.2) is 30.3 Å². The summed E-state index contributed by atoms with van der Waals surface area (Å²) in [4.78, 5) is 10.5. The standard InChI is InChI=1S/C13H19NO2S.H2O/c14-12(13(15)16)8-4-5-9-17-10-11-6-2-1-3-7-11;/h1-3,6-7,12H,4-5,8-10,14H2,(H,15,16);1H2. The maximum Gasteiger partial charge on any atom is 0.320 e. The Bertz CT molecular complexity index is 332. The fourth-order valence-corrected chi connectivity index (χ4v) is 2.44. The summed E-state index contributed by atoms with van der Waals surface area (Å²) in [6.45, 7) is 0. The Morgan fingerprint density at radius 3 is 2.56 bits per heavy atom. The van der Waals surface area contributed by atoms with Gasteiger partial charge in [-0.15, -0.1) is 0 Å². The monoisotopic (exact) mass is 271 g/mol. The minimum absolute atomic E-state index is 0. The van der Waals surface area contributed by atoms with Crippen LogP contribution in [0.5, 0.6) is 0 Å². The zero-order valence-electron chi connectivity index (χ0n) is 10.3. The van der Waals surface area contributed by atoms with E-state index in [0.29, 0.717) is 6.42 Å². The molecule has 0 aromatic heterocycles. The molecule has 0 aliphatic rings. The highest BCUT2D eigenvalue weighted by molar-refractivity contribution is 7.98. The second-order valence-electron chi connectivity index (χ2n) is 3.98. The van der Waals surface area contributed by atoms with Crippen LogP contribution in [0, 0.1) is 0 Å². The van der Waals surface area contributed by atoms with E-state index in [2.05, 4.69) is 12.1 Å². The Balaban J connectivity index is 0.00000289. The number of carboxylic acids is 1. The van der Waals surface area contributed by atoms with E-state index in [1.807, 2.05) is 30.0 Å². The van der Waals surface area contributed by atoms with Gasteiger partial charge in [0.25, 0.3) is 0 Å². The van der Waals surface area contributed by atoms with Crippen LogP contribution in [0.3, 0.4) is 0 Å². The van der Waals surface area contributed by atoms with Gasteiger partial charge in [-0.2, -0.15) is 11.8 Å². The summed E-state index contributed by atoms with van der Waals surface area (Å²) in [5.74, 6) is 1.18. The molecule has 5 N–H and O–H groups in total. The zero-order valence-corrected chi connectivity index (χ0v) is 11.2. The molecular formula is C13H21NO3S. The molecule has 0 aliphatic carbocycles. The summed E-state index contributed by atoms with van der Waals surface area (Å²) >= 11 is 1.88. The molecule has 0 fully saturated rings. The number of thioether (sulfide) groups is 1. The van der Waals surface area contributed by atoms with Crippen molar-refractivity contribution in [3.8, 4) is 0 Å². The molecule has 0 radical (unpaired) electrons. The largest absolute Gasteiger partial charge is 0.480 e. The molecule has 1 unspecified atom stereocenters. The van der Waals surface area contributed by atoms with E-state index < -0.39 is 12.0 Å². The Labute approximate surface area is 112 Å². The van der Waals surface area contributed by atoms with Crippen molar-refractivity contribution in [3.63, 3.8) is 0 Å². The third-order valence-corrected chi connectivity index (χ3v) is 3.60. The first-order chi connectivity index (χ1) is 8.20. The highest BCUT2D eigenvalue weighted by Gasteiger charge is 2.09. The van der Waals surface area contributed by atoms with Gasteiger partial charge in [0.15, 0.2) is 0 Å². The molecule has 5 heteroatoms. The van der Waals surface area contributed by atoms with Gasteiger partial charge in [-0.25, -0.2) is 0 Å². The van der Waals surface area contributed by atoms with E-state index in [1.165, 1.54) is 5.56 Å². The summed E-state index contributed by atoms with van der Waals surface area (Å²) in [6, 6.07) is 9.64. The highest BCUT2D eigenvalue weighted by Crippen LogP contribution is 2.14. The molecule has 0 heterocycles. The fraction of sp³-hybridized carbons (Fsp3) is 0.462. The molecule has 102 valence electrons. The number of rotatable bonds is 8. The molecule has 4 nitrogen and oxygen atoms in total. The summed E-state index contributed by atoms with van der Waals surface area (Å²) in [5.41, 5.74) is 6.75. The number of carbonyl (C=O) groups is 1. The zero-order chi connectivity index (χ0) is 12.5.